The Morgan fingerprint density at radius 3 is 2.12 bits per heavy atom. The number of aliphatic hydroxyl groups is 6. The van der Waals surface area contributed by atoms with Crippen molar-refractivity contribution in [3.8, 4) is 0 Å². The number of hydrogen-bond donors (Lipinski definition) is 7. The maximum absolute atomic E-state index is 13.0. The Morgan fingerprint density at radius 1 is 0.788 bits per heavy atom. The maximum Gasteiger partial charge on any atom is 0.310 e. The lowest BCUT2D eigenvalue weighted by Crippen LogP contribution is -2.67. The molecule has 296 valence electrons. The minimum atomic E-state index is -1.59. The third kappa shape index (κ3) is 5.63. The van der Waals surface area contributed by atoms with Crippen LogP contribution in [-0.4, -0.2) is 117 Å². The fourth-order valence-corrected chi connectivity index (χ4v) is 13.1. The third-order valence-electron chi connectivity index (χ3n) is 16.6. The first-order chi connectivity index (χ1) is 24.3. The van der Waals surface area contributed by atoms with E-state index in [0.29, 0.717) is 18.8 Å². The Kier molecular flexibility index (Phi) is 9.92. The van der Waals surface area contributed by atoms with Gasteiger partial charge in [-0.05, 0) is 104 Å². The van der Waals surface area contributed by atoms with Crippen molar-refractivity contribution in [2.45, 2.75) is 161 Å². The van der Waals surface area contributed by atoms with Crippen molar-refractivity contribution < 1.29 is 59.5 Å². The van der Waals surface area contributed by atoms with E-state index in [1.807, 2.05) is 0 Å². The molecule has 0 aromatic rings. The van der Waals surface area contributed by atoms with Gasteiger partial charge >= 0.3 is 5.97 Å². The SMILES string of the molecule is CC1(C)CC[C@]2(C(=O)O)CC[C@]3(C)C(=CC[C@H]4[C@@]5(C)CC[C@H](O[C@H]6OC[C@H](O)[C@H](O[C@@H]7OC[C@@H](O)[C@H](O)[C@H]7O)[C@H]6O)[C@@](C)(CO)[C@H]5CC[C@]43C)[C@H]2C1. The summed E-state index contributed by atoms with van der Waals surface area (Å²) in [7, 11) is 0. The first-order valence-corrected chi connectivity index (χ1v) is 19.8. The Bertz CT molecular complexity index is 1400. The molecule has 0 amide bonds. The smallest absolute Gasteiger partial charge is 0.310 e. The summed E-state index contributed by atoms with van der Waals surface area (Å²) >= 11 is 0. The second kappa shape index (κ2) is 13.2. The molecule has 6 fully saturated rings. The molecule has 0 spiro atoms. The first kappa shape index (κ1) is 39.1. The van der Waals surface area contributed by atoms with Gasteiger partial charge in [-0.25, -0.2) is 0 Å². The summed E-state index contributed by atoms with van der Waals surface area (Å²) in [6.07, 6.45) is -0.635. The Balaban J connectivity index is 1.12. The van der Waals surface area contributed by atoms with Crippen LogP contribution in [0, 0.1) is 50.2 Å². The molecule has 0 unspecified atom stereocenters. The van der Waals surface area contributed by atoms with Crippen molar-refractivity contribution in [1.82, 2.24) is 0 Å². The molecule has 0 aromatic carbocycles. The third-order valence-corrected chi connectivity index (χ3v) is 16.6. The van der Waals surface area contributed by atoms with Gasteiger partial charge in [0, 0.05) is 5.41 Å². The van der Waals surface area contributed by atoms with Gasteiger partial charge in [-0.1, -0.05) is 53.2 Å². The minimum absolute atomic E-state index is 0.0421. The van der Waals surface area contributed by atoms with E-state index in [4.69, 9.17) is 18.9 Å². The van der Waals surface area contributed by atoms with E-state index < -0.39 is 72.1 Å². The van der Waals surface area contributed by atoms with Crippen LogP contribution in [0.5, 0.6) is 0 Å². The summed E-state index contributed by atoms with van der Waals surface area (Å²) in [4.78, 5) is 13.0. The Hall–Kier alpha value is -1.19. The number of allylic oxidation sites excluding steroid dienone is 2. The molecule has 2 saturated heterocycles. The van der Waals surface area contributed by atoms with Gasteiger partial charge in [0.15, 0.2) is 12.6 Å². The van der Waals surface area contributed by atoms with E-state index in [1.165, 1.54) is 5.57 Å². The van der Waals surface area contributed by atoms with Crippen molar-refractivity contribution in [3.05, 3.63) is 11.6 Å². The summed E-state index contributed by atoms with van der Waals surface area (Å²) in [5.74, 6) is -0.157. The standard InChI is InChI=1S/C40H64O12/c1-35(2)13-15-40(34(47)48)16-14-38(5)21(22(40)17-35)7-8-26-36(3)11-10-27(37(4,20-41)25(36)9-12-39(26,38)6)51-33-30(46)31(24(43)19-50-33)52-32-29(45)28(44)23(42)18-49-32/h7,22-33,41-46H,8-20H2,1-6H3,(H,47,48)/t22-,23-,24+,25+,26+,27+,28+,29-,30-,31+,32+,33-,36+,37+,38-,39-,40+/m1/s1. The van der Waals surface area contributed by atoms with E-state index in [2.05, 4.69) is 47.6 Å². The predicted molar refractivity (Wildman–Crippen MR) is 187 cm³/mol. The van der Waals surface area contributed by atoms with Crippen LogP contribution in [0.4, 0.5) is 0 Å². The average molecular weight is 737 g/mol. The second-order valence-corrected chi connectivity index (χ2v) is 19.6. The number of ether oxygens (including phenoxy) is 4. The van der Waals surface area contributed by atoms with Gasteiger partial charge in [0.2, 0.25) is 0 Å². The lowest BCUT2D eigenvalue weighted by Gasteiger charge is -2.71. The van der Waals surface area contributed by atoms with Crippen LogP contribution in [0.15, 0.2) is 11.6 Å². The Morgan fingerprint density at radius 2 is 1.44 bits per heavy atom. The lowest BCUT2D eigenvalue weighted by atomic mass is 9.33. The van der Waals surface area contributed by atoms with Crippen LogP contribution in [0.25, 0.3) is 0 Å². The molecule has 17 atom stereocenters. The number of hydrogen-bond acceptors (Lipinski definition) is 11. The van der Waals surface area contributed by atoms with Crippen molar-refractivity contribution in [1.29, 1.82) is 0 Å². The van der Waals surface area contributed by atoms with E-state index >= 15 is 0 Å². The van der Waals surface area contributed by atoms with Crippen molar-refractivity contribution >= 4 is 5.97 Å². The number of rotatable bonds is 6. The van der Waals surface area contributed by atoms with Gasteiger partial charge in [-0.15, -0.1) is 0 Å². The number of fused-ring (bicyclic) bond motifs is 7. The van der Waals surface area contributed by atoms with E-state index in [-0.39, 0.29) is 53.3 Å². The summed E-state index contributed by atoms with van der Waals surface area (Å²) in [5.41, 5.74) is -0.166. The molecule has 0 aromatic heterocycles. The highest BCUT2D eigenvalue weighted by atomic mass is 16.7. The summed E-state index contributed by atoms with van der Waals surface area (Å²) in [6, 6.07) is 0. The monoisotopic (exact) mass is 736 g/mol. The number of carboxylic acids is 1. The number of carboxylic acid groups (broad SMARTS) is 1. The normalized spacial score (nSPS) is 54.5. The zero-order valence-electron chi connectivity index (χ0n) is 31.9. The van der Waals surface area contributed by atoms with Crippen LogP contribution in [-0.2, 0) is 23.7 Å². The van der Waals surface area contributed by atoms with Crippen LogP contribution in [0.2, 0.25) is 0 Å². The van der Waals surface area contributed by atoms with Gasteiger partial charge in [-0.2, -0.15) is 0 Å². The molecule has 4 saturated carbocycles. The number of aliphatic carboxylic acids is 1. The van der Waals surface area contributed by atoms with Crippen molar-refractivity contribution in [2.24, 2.45) is 50.2 Å². The number of aliphatic hydroxyl groups excluding tert-OH is 6. The molecule has 12 heteroatoms. The molecule has 7 N–H and O–H groups in total. The summed E-state index contributed by atoms with van der Waals surface area (Å²) in [5, 5.41) is 74.4. The lowest BCUT2D eigenvalue weighted by molar-refractivity contribution is -0.348. The van der Waals surface area contributed by atoms with E-state index in [1.54, 1.807) is 0 Å². The first-order valence-electron chi connectivity index (χ1n) is 19.8. The fourth-order valence-electron chi connectivity index (χ4n) is 13.1. The van der Waals surface area contributed by atoms with Gasteiger partial charge in [0.1, 0.15) is 36.6 Å². The molecule has 2 heterocycles. The molecular weight excluding hydrogens is 672 g/mol. The van der Waals surface area contributed by atoms with E-state index in [9.17, 15) is 40.5 Å². The van der Waals surface area contributed by atoms with Gasteiger partial charge < -0.3 is 54.7 Å². The highest BCUT2D eigenvalue weighted by Gasteiger charge is 2.70. The molecule has 0 bridgehead atoms. The highest BCUT2D eigenvalue weighted by molar-refractivity contribution is 5.76. The molecule has 0 radical (unpaired) electrons. The molecule has 12 nitrogen and oxygen atoms in total. The molecular formula is C40H64O12. The summed E-state index contributed by atoms with van der Waals surface area (Å²) in [6.45, 7) is 13.3. The van der Waals surface area contributed by atoms with Gasteiger partial charge in [0.25, 0.3) is 0 Å². The van der Waals surface area contributed by atoms with Gasteiger partial charge in [0.05, 0.1) is 31.3 Å². The molecule has 5 aliphatic carbocycles. The molecule has 52 heavy (non-hydrogen) atoms. The zero-order valence-corrected chi connectivity index (χ0v) is 31.9. The van der Waals surface area contributed by atoms with Crippen molar-refractivity contribution in [3.63, 3.8) is 0 Å². The minimum Gasteiger partial charge on any atom is -0.481 e. The summed E-state index contributed by atoms with van der Waals surface area (Å²) < 4.78 is 23.5. The van der Waals surface area contributed by atoms with Crippen LogP contribution in [0.1, 0.15) is 106 Å². The number of carbonyl (C=O) groups is 1. The van der Waals surface area contributed by atoms with E-state index in [0.717, 1.165) is 51.4 Å². The maximum atomic E-state index is 13.0. The Labute approximate surface area is 307 Å². The molecule has 7 aliphatic rings. The second-order valence-electron chi connectivity index (χ2n) is 19.6. The topological polar surface area (TPSA) is 196 Å². The molecule has 7 rings (SSSR count). The van der Waals surface area contributed by atoms with Crippen LogP contribution >= 0.6 is 0 Å². The van der Waals surface area contributed by atoms with Crippen LogP contribution in [0.3, 0.4) is 0 Å². The zero-order chi connectivity index (χ0) is 37.8. The fraction of sp³-hybridized carbons (Fsp3) is 0.925. The average Bonchev–Trinajstić information content (AvgIpc) is 3.08. The van der Waals surface area contributed by atoms with Crippen LogP contribution < -0.4 is 0 Å². The molecule has 2 aliphatic heterocycles. The highest BCUT2D eigenvalue weighted by Crippen LogP contribution is 2.76. The van der Waals surface area contributed by atoms with Crippen molar-refractivity contribution in [2.75, 3.05) is 19.8 Å². The largest absolute Gasteiger partial charge is 0.481 e. The van der Waals surface area contributed by atoms with Gasteiger partial charge in [-0.3, -0.25) is 4.79 Å². The predicted octanol–water partition coefficient (Wildman–Crippen LogP) is 3.13. The quantitative estimate of drug-likeness (QED) is 0.156.